The van der Waals surface area contributed by atoms with E-state index in [1.165, 1.54) is 0 Å². The molecule has 2 aromatic carbocycles. The van der Waals surface area contributed by atoms with Crippen molar-refractivity contribution in [2.45, 2.75) is 19.4 Å². The molecule has 1 saturated carbocycles. The minimum Gasteiger partial charge on any atom is -0.437 e. The molecule has 1 fully saturated rings. The minimum absolute atomic E-state index is 0.0341. The second-order valence-corrected chi connectivity index (χ2v) is 7.16. The van der Waals surface area contributed by atoms with Gasteiger partial charge in [-0.1, -0.05) is 28.9 Å². The molecule has 4 rings (SSSR count). The third-order valence-corrected chi connectivity index (χ3v) is 4.66. The van der Waals surface area contributed by atoms with Crippen LogP contribution in [0.1, 0.15) is 24.3 Å². The molecular weight excluding hydrogens is 392 g/mol. The largest absolute Gasteiger partial charge is 0.437 e. The summed E-state index contributed by atoms with van der Waals surface area (Å²) < 4.78 is 5.65. The summed E-state index contributed by atoms with van der Waals surface area (Å²) in [6.45, 7) is 0.0341. The summed E-state index contributed by atoms with van der Waals surface area (Å²) in [6.07, 6.45) is 3.51. The first-order valence-corrected chi connectivity index (χ1v) is 9.53. The number of anilines is 1. The van der Waals surface area contributed by atoms with E-state index in [-0.39, 0.29) is 24.3 Å². The minimum atomic E-state index is 0.0341. The van der Waals surface area contributed by atoms with Crippen molar-refractivity contribution in [1.29, 1.82) is 0 Å². The molecule has 0 aliphatic heterocycles. The first kappa shape index (κ1) is 19.0. The lowest BCUT2D eigenvalue weighted by atomic mass is 10.2. The molecule has 0 atom stereocenters. The summed E-state index contributed by atoms with van der Waals surface area (Å²) in [6, 6.07) is 14.4. The number of oxazole rings is 1. The molecule has 0 radical (unpaired) electrons. The van der Waals surface area contributed by atoms with Crippen LogP contribution in [0.25, 0.3) is 11.3 Å². The normalized spacial score (nSPS) is 13.9. The van der Waals surface area contributed by atoms with E-state index in [1.807, 2.05) is 18.2 Å². The van der Waals surface area contributed by atoms with Gasteiger partial charge in [0.2, 0.25) is 11.8 Å². The zero-order chi connectivity index (χ0) is 20.2. The maximum absolute atomic E-state index is 11.9. The van der Waals surface area contributed by atoms with Crippen LogP contribution < -0.4 is 11.1 Å². The second-order valence-electron chi connectivity index (χ2n) is 6.72. The Morgan fingerprint density at radius 3 is 2.83 bits per heavy atom. The van der Waals surface area contributed by atoms with Crippen molar-refractivity contribution < 1.29 is 14.0 Å². The predicted molar refractivity (Wildman–Crippen MR) is 110 cm³/mol. The molecule has 8 heteroatoms. The smallest absolute Gasteiger partial charge is 0.235 e. The number of hydrogen-bond donors (Lipinski definition) is 2. The molecule has 0 bridgehead atoms. The summed E-state index contributed by atoms with van der Waals surface area (Å²) in [5.41, 5.74) is 8.18. The number of hydrogen-bond acceptors (Lipinski definition) is 5. The van der Waals surface area contributed by atoms with E-state index < -0.39 is 0 Å². The highest BCUT2D eigenvalue weighted by Crippen LogP contribution is 2.30. The highest BCUT2D eigenvalue weighted by atomic mass is 35.5. The van der Waals surface area contributed by atoms with E-state index in [4.69, 9.17) is 26.6 Å². The van der Waals surface area contributed by atoms with Crippen molar-refractivity contribution in [3.05, 3.63) is 71.2 Å². The van der Waals surface area contributed by atoms with Gasteiger partial charge in [0, 0.05) is 27.8 Å². The number of oxime groups is 1. The lowest BCUT2D eigenvalue weighted by Gasteiger charge is -2.06. The van der Waals surface area contributed by atoms with Gasteiger partial charge < -0.3 is 20.3 Å². The van der Waals surface area contributed by atoms with Crippen molar-refractivity contribution in [3.8, 4) is 11.3 Å². The van der Waals surface area contributed by atoms with E-state index in [2.05, 4.69) is 15.5 Å². The Bertz CT molecular complexity index is 1040. The van der Waals surface area contributed by atoms with Gasteiger partial charge in [-0.25, -0.2) is 4.98 Å². The maximum Gasteiger partial charge on any atom is 0.235 e. The van der Waals surface area contributed by atoms with E-state index in [0.29, 0.717) is 27.9 Å². The summed E-state index contributed by atoms with van der Waals surface area (Å²) in [4.78, 5) is 21.3. The number of nitrogens with zero attached hydrogens (tertiary/aromatic N) is 2. The van der Waals surface area contributed by atoms with Gasteiger partial charge in [-0.3, -0.25) is 4.79 Å². The zero-order valence-corrected chi connectivity index (χ0v) is 16.2. The molecule has 3 aromatic rings. The third kappa shape index (κ3) is 4.94. The molecule has 1 aromatic heterocycles. The first-order valence-electron chi connectivity index (χ1n) is 9.16. The number of nitrogens with two attached hydrogens (primary N) is 1. The van der Waals surface area contributed by atoms with Crippen LogP contribution in [0.4, 0.5) is 5.69 Å². The molecule has 29 heavy (non-hydrogen) atoms. The van der Waals surface area contributed by atoms with Crippen LogP contribution in [-0.2, 0) is 16.2 Å². The van der Waals surface area contributed by atoms with Crippen LogP contribution in [-0.4, -0.2) is 16.7 Å². The lowest BCUT2D eigenvalue weighted by Crippen LogP contribution is -2.16. The predicted octanol–water partition coefficient (Wildman–Crippen LogP) is 4.18. The van der Waals surface area contributed by atoms with E-state index in [1.54, 1.807) is 36.5 Å². The Balaban J connectivity index is 1.35. The topological polar surface area (TPSA) is 103 Å². The molecule has 7 nitrogen and oxygen atoms in total. The summed E-state index contributed by atoms with van der Waals surface area (Å²) in [7, 11) is 0. The highest BCUT2D eigenvalue weighted by Gasteiger charge is 2.29. The summed E-state index contributed by atoms with van der Waals surface area (Å²) in [5, 5.41) is 7.45. The Morgan fingerprint density at radius 2 is 2.07 bits per heavy atom. The summed E-state index contributed by atoms with van der Waals surface area (Å²) >= 11 is 5.89. The van der Waals surface area contributed by atoms with Crippen molar-refractivity contribution >= 4 is 29.0 Å². The van der Waals surface area contributed by atoms with E-state index >= 15 is 0 Å². The molecule has 3 N–H and O–H groups in total. The monoisotopic (exact) mass is 410 g/mol. The van der Waals surface area contributed by atoms with Gasteiger partial charge in [0.15, 0.2) is 18.2 Å². The molecule has 1 amide bonds. The van der Waals surface area contributed by atoms with Crippen LogP contribution in [0.5, 0.6) is 0 Å². The van der Waals surface area contributed by atoms with E-state index in [0.717, 1.165) is 18.4 Å². The van der Waals surface area contributed by atoms with Gasteiger partial charge in [0.25, 0.3) is 0 Å². The average Bonchev–Trinajstić information content (AvgIpc) is 3.48. The Labute approximate surface area is 172 Å². The number of aromatic nitrogens is 1. The number of halogens is 1. The van der Waals surface area contributed by atoms with Crippen LogP contribution in [0.2, 0.25) is 5.02 Å². The quantitative estimate of drug-likeness (QED) is 0.345. The molecular formula is C21H19ClN4O3. The van der Waals surface area contributed by atoms with Gasteiger partial charge in [0.1, 0.15) is 0 Å². The molecule has 0 saturated heterocycles. The Hall–Kier alpha value is -3.32. The molecule has 1 aliphatic carbocycles. The molecule has 1 aliphatic rings. The summed E-state index contributed by atoms with van der Waals surface area (Å²) in [5.74, 6) is 1.34. The number of benzene rings is 2. The Kier molecular flexibility index (Phi) is 5.48. The van der Waals surface area contributed by atoms with Gasteiger partial charge in [-0.05, 0) is 49.2 Å². The number of carbonyl (C=O) groups is 1. The number of rotatable bonds is 7. The number of nitrogens with one attached hydrogen (secondary N) is 1. The highest BCUT2D eigenvalue weighted by molar-refractivity contribution is 6.30. The van der Waals surface area contributed by atoms with Crippen molar-refractivity contribution in [2.75, 3.05) is 5.32 Å². The van der Waals surface area contributed by atoms with E-state index in [9.17, 15) is 4.79 Å². The molecule has 148 valence electrons. The van der Waals surface area contributed by atoms with Gasteiger partial charge in [-0.15, -0.1) is 0 Å². The van der Waals surface area contributed by atoms with Gasteiger partial charge in [0.05, 0.1) is 6.20 Å². The standard InChI is InChI=1S/C21H19ClN4O3/c22-16-8-6-13(7-9-16)18-11-24-19(29-18)12-28-26-20(23)15-2-1-3-17(10-15)25-21(27)14-4-5-14/h1-3,6-11,14H,4-5,12H2,(H2,23,26)(H,25,27). The first-order chi connectivity index (χ1) is 14.1. The molecule has 0 unspecified atom stereocenters. The third-order valence-electron chi connectivity index (χ3n) is 4.41. The van der Waals surface area contributed by atoms with Crippen molar-refractivity contribution in [3.63, 3.8) is 0 Å². The van der Waals surface area contributed by atoms with Crippen LogP contribution in [0, 0.1) is 5.92 Å². The fraction of sp³-hybridized carbons (Fsp3) is 0.190. The van der Waals surface area contributed by atoms with Crippen molar-refractivity contribution in [2.24, 2.45) is 16.8 Å². The zero-order valence-electron chi connectivity index (χ0n) is 15.5. The number of amides is 1. The van der Waals surface area contributed by atoms with Crippen LogP contribution >= 0.6 is 11.6 Å². The number of carbonyl (C=O) groups excluding carboxylic acids is 1. The SMILES string of the molecule is N/C(=N/OCc1ncc(-c2ccc(Cl)cc2)o1)c1cccc(NC(=O)C2CC2)c1. The average molecular weight is 411 g/mol. The van der Waals surface area contributed by atoms with Crippen molar-refractivity contribution in [1.82, 2.24) is 4.98 Å². The Morgan fingerprint density at radius 1 is 1.28 bits per heavy atom. The fourth-order valence-corrected chi connectivity index (χ4v) is 2.81. The molecule has 1 heterocycles. The van der Waals surface area contributed by atoms with Crippen LogP contribution in [0.15, 0.2) is 64.3 Å². The maximum atomic E-state index is 11.9. The number of amidine groups is 1. The van der Waals surface area contributed by atoms with Crippen LogP contribution in [0.3, 0.4) is 0 Å². The fourth-order valence-electron chi connectivity index (χ4n) is 2.68. The second kappa shape index (κ2) is 8.36. The lowest BCUT2D eigenvalue weighted by molar-refractivity contribution is -0.117. The molecule has 0 spiro atoms. The van der Waals surface area contributed by atoms with Gasteiger partial charge >= 0.3 is 0 Å². The van der Waals surface area contributed by atoms with Gasteiger partial charge in [-0.2, -0.15) is 0 Å².